The van der Waals surface area contributed by atoms with Gasteiger partial charge in [0.15, 0.2) is 11.0 Å². The summed E-state index contributed by atoms with van der Waals surface area (Å²) >= 11 is 7.45. The number of benzene rings is 1. The molecule has 7 nitrogen and oxygen atoms in total. The molecule has 3 aromatic rings. The summed E-state index contributed by atoms with van der Waals surface area (Å²) in [6, 6.07) is 11.0. The summed E-state index contributed by atoms with van der Waals surface area (Å²) in [5, 5.41) is 12.7. The van der Waals surface area contributed by atoms with Crippen molar-refractivity contribution >= 4 is 35.0 Å². The Morgan fingerprint density at radius 1 is 1.24 bits per heavy atom. The first-order valence-corrected chi connectivity index (χ1v) is 10.7. The van der Waals surface area contributed by atoms with Crippen LogP contribution in [0.1, 0.15) is 12.8 Å². The number of aromatic nitrogens is 4. The highest BCUT2D eigenvalue weighted by molar-refractivity contribution is 7.99. The summed E-state index contributed by atoms with van der Waals surface area (Å²) in [4.78, 5) is 16.5. The smallest absolute Gasteiger partial charge is 0.234 e. The van der Waals surface area contributed by atoms with Crippen LogP contribution >= 0.6 is 23.4 Å². The molecule has 0 unspecified atom stereocenters. The van der Waals surface area contributed by atoms with Crippen molar-refractivity contribution in [3.05, 3.63) is 53.8 Å². The molecule has 1 atom stereocenters. The number of pyridine rings is 1. The quantitative estimate of drug-likeness (QED) is 0.573. The Morgan fingerprint density at radius 2 is 2.07 bits per heavy atom. The molecule has 0 spiro atoms. The summed E-state index contributed by atoms with van der Waals surface area (Å²) in [6.45, 7) is 1.43. The number of para-hydroxylation sites is 1. The van der Waals surface area contributed by atoms with Gasteiger partial charge in [0.1, 0.15) is 0 Å². The summed E-state index contributed by atoms with van der Waals surface area (Å²) in [5.74, 6) is 0.794. The van der Waals surface area contributed by atoms with Gasteiger partial charge in [-0.3, -0.25) is 14.3 Å². The van der Waals surface area contributed by atoms with Crippen molar-refractivity contribution in [3.63, 3.8) is 0 Å². The monoisotopic (exact) mass is 429 g/mol. The molecule has 1 aliphatic heterocycles. The third kappa shape index (κ3) is 4.95. The Balaban J connectivity index is 1.49. The van der Waals surface area contributed by atoms with Gasteiger partial charge in [0, 0.05) is 24.6 Å². The van der Waals surface area contributed by atoms with E-state index < -0.39 is 0 Å². The van der Waals surface area contributed by atoms with Crippen LogP contribution in [0.2, 0.25) is 5.02 Å². The molecule has 1 aliphatic rings. The molecule has 0 saturated carbocycles. The van der Waals surface area contributed by atoms with E-state index >= 15 is 0 Å². The molecular weight excluding hydrogens is 410 g/mol. The van der Waals surface area contributed by atoms with Crippen LogP contribution in [0.4, 0.5) is 5.69 Å². The molecular formula is C20H20ClN5O2S. The predicted molar refractivity (Wildman–Crippen MR) is 113 cm³/mol. The second-order valence-electron chi connectivity index (χ2n) is 6.60. The topological polar surface area (TPSA) is 81.9 Å². The first-order valence-electron chi connectivity index (χ1n) is 9.33. The average molecular weight is 430 g/mol. The van der Waals surface area contributed by atoms with Crippen LogP contribution in [-0.2, 0) is 16.1 Å². The minimum absolute atomic E-state index is 0.128. The van der Waals surface area contributed by atoms with Gasteiger partial charge in [-0.1, -0.05) is 35.5 Å². The van der Waals surface area contributed by atoms with Crippen molar-refractivity contribution in [2.24, 2.45) is 0 Å². The number of nitrogens with one attached hydrogen (secondary N) is 1. The molecule has 29 heavy (non-hydrogen) atoms. The molecule has 1 N–H and O–H groups in total. The van der Waals surface area contributed by atoms with Gasteiger partial charge in [0.25, 0.3) is 0 Å². The fourth-order valence-corrected chi connectivity index (χ4v) is 4.08. The number of hydrogen-bond acceptors (Lipinski definition) is 6. The van der Waals surface area contributed by atoms with Crippen molar-refractivity contribution in [2.75, 3.05) is 17.7 Å². The van der Waals surface area contributed by atoms with Gasteiger partial charge in [-0.15, -0.1) is 10.2 Å². The fraction of sp³-hybridized carbons (Fsp3) is 0.300. The molecule has 1 amide bonds. The number of carbonyl (C=O) groups excluding carboxylic acids is 1. The Morgan fingerprint density at radius 3 is 2.83 bits per heavy atom. The molecule has 150 valence electrons. The summed E-state index contributed by atoms with van der Waals surface area (Å²) < 4.78 is 7.82. The van der Waals surface area contributed by atoms with Gasteiger partial charge in [0.2, 0.25) is 5.91 Å². The average Bonchev–Trinajstić information content (AvgIpc) is 3.39. The second kappa shape index (κ2) is 9.39. The zero-order valence-corrected chi connectivity index (χ0v) is 17.2. The molecule has 3 heterocycles. The Bertz CT molecular complexity index is 976. The highest BCUT2D eigenvalue weighted by Gasteiger charge is 2.22. The number of halogens is 1. The summed E-state index contributed by atoms with van der Waals surface area (Å²) in [7, 11) is 0. The van der Waals surface area contributed by atoms with Crippen molar-refractivity contribution in [1.82, 2.24) is 19.7 Å². The summed E-state index contributed by atoms with van der Waals surface area (Å²) in [5.41, 5.74) is 1.52. The number of nitrogens with zero attached hydrogens (tertiary/aromatic N) is 4. The maximum atomic E-state index is 12.4. The predicted octanol–water partition coefficient (Wildman–Crippen LogP) is 3.90. The molecule has 1 aromatic carbocycles. The SMILES string of the molecule is O=C(CSc1nnc(-c2ccncc2)n1C[C@@H]1CCCO1)Nc1ccccc1Cl. The molecule has 1 fully saturated rings. The van der Waals surface area contributed by atoms with Gasteiger partial charge in [-0.2, -0.15) is 0 Å². The number of carbonyl (C=O) groups is 1. The lowest BCUT2D eigenvalue weighted by Gasteiger charge is -2.14. The van der Waals surface area contributed by atoms with Gasteiger partial charge in [-0.05, 0) is 37.1 Å². The lowest BCUT2D eigenvalue weighted by Crippen LogP contribution is -2.18. The van der Waals surface area contributed by atoms with E-state index in [-0.39, 0.29) is 17.8 Å². The molecule has 9 heteroatoms. The second-order valence-corrected chi connectivity index (χ2v) is 7.95. The van der Waals surface area contributed by atoms with E-state index in [1.54, 1.807) is 24.5 Å². The van der Waals surface area contributed by atoms with Gasteiger partial charge in [0.05, 0.1) is 29.1 Å². The van der Waals surface area contributed by atoms with E-state index in [2.05, 4.69) is 20.5 Å². The standard InChI is InChI=1S/C20H20ClN5O2S/c21-16-5-1-2-6-17(16)23-18(27)13-29-20-25-24-19(14-7-9-22-10-8-14)26(20)12-15-4-3-11-28-15/h1-2,5-10,15H,3-4,11-13H2,(H,23,27)/t15-/m0/s1. The lowest BCUT2D eigenvalue weighted by atomic mass is 10.2. The Labute approximate surface area is 177 Å². The molecule has 1 saturated heterocycles. The van der Waals surface area contributed by atoms with Crippen LogP contribution in [-0.4, -0.2) is 44.1 Å². The van der Waals surface area contributed by atoms with Crippen molar-refractivity contribution < 1.29 is 9.53 Å². The number of anilines is 1. The van der Waals surface area contributed by atoms with Crippen LogP contribution in [0.15, 0.2) is 53.9 Å². The molecule has 2 aromatic heterocycles. The largest absolute Gasteiger partial charge is 0.376 e. The maximum Gasteiger partial charge on any atom is 0.234 e. The normalized spacial score (nSPS) is 16.1. The summed E-state index contributed by atoms with van der Waals surface area (Å²) in [6.07, 6.45) is 5.64. The van der Waals surface area contributed by atoms with E-state index in [0.717, 1.165) is 30.8 Å². The van der Waals surface area contributed by atoms with Crippen molar-refractivity contribution in [1.29, 1.82) is 0 Å². The molecule has 0 radical (unpaired) electrons. The zero-order chi connectivity index (χ0) is 20.1. The first-order chi connectivity index (χ1) is 14.2. The van der Waals surface area contributed by atoms with Crippen LogP contribution in [0.25, 0.3) is 11.4 Å². The highest BCUT2D eigenvalue weighted by Crippen LogP contribution is 2.27. The third-order valence-corrected chi connectivity index (χ3v) is 5.84. The maximum absolute atomic E-state index is 12.4. The molecule has 4 rings (SSSR count). The molecule has 0 bridgehead atoms. The minimum Gasteiger partial charge on any atom is -0.376 e. The van der Waals surface area contributed by atoms with E-state index in [1.807, 2.05) is 28.8 Å². The molecule has 0 aliphatic carbocycles. The number of ether oxygens (including phenoxy) is 1. The van der Waals surface area contributed by atoms with Crippen LogP contribution in [0, 0.1) is 0 Å². The zero-order valence-electron chi connectivity index (χ0n) is 15.6. The van der Waals surface area contributed by atoms with Crippen molar-refractivity contribution in [3.8, 4) is 11.4 Å². The van der Waals surface area contributed by atoms with Crippen molar-refractivity contribution in [2.45, 2.75) is 30.6 Å². The number of hydrogen-bond donors (Lipinski definition) is 1. The van der Waals surface area contributed by atoms with Crippen LogP contribution in [0.5, 0.6) is 0 Å². The number of thioether (sulfide) groups is 1. The minimum atomic E-state index is -0.153. The number of rotatable bonds is 7. The Hall–Kier alpha value is -2.42. The first kappa shape index (κ1) is 19.9. The van der Waals surface area contributed by atoms with E-state index in [1.165, 1.54) is 11.8 Å². The van der Waals surface area contributed by atoms with Gasteiger partial charge < -0.3 is 10.1 Å². The van der Waals surface area contributed by atoms with E-state index in [4.69, 9.17) is 16.3 Å². The van der Waals surface area contributed by atoms with Crippen LogP contribution in [0.3, 0.4) is 0 Å². The third-order valence-electron chi connectivity index (χ3n) is 4.55. The highest BCUT2D eigenvalue weighted by atomic mass is 35.5. The lowest BCUT2D eigenvalue weighted by molar-refractivity contribution is -0.113. The Kier molecular flexibility index (Phi) is 6.43. The van der Waals surface area contributed by atoms with Crippen LogP contribution < -0.4 is 5.32 Å². The van der Waals surface area contributed by atoms with Gasteiger partial charge >= 0.3 is 0 Å². The van der Waals surface area contributed by atoms with Gasteiger partial charge in [-0.25, -0.2) is 0 Å². The van der Waals surface area contributed by atoms with E-state index in [9.17, 15) is 4.79 Å². The fourth-order valence-electron chi connectivity index (χ4n) is 3.15. The van der Waals surface area contributed by atoms with E-state index in [0.29, 0.717) is 22.4 Å². The number of amides is 1.